The summed E-state index contributed by atoms with van der Waals surface area (Å²) < 4.78 is 1.84. The summed E-state index contributed by atoms with van der Waals surface area (Å²) in [5, 5.41) is 13.0. The number of carboxylic acids is 1. The molecule has 2 aromatic heterocycles. The molecule has 1 fully saturated rings. The molecule has 6 heteroatoms. The number of hydrogen-bond acceptors (Lipinski definition) is 4. The van der Waals surface area contributed by atoms with Crippen molar-refractivity contribution in [2.45, 2.75) is 38.1 Å². The molecule has 24 heavy (non-hydrogen) atoms. The number of nitrogens with zero attached hydrogens (tertiary/aromatic N) is 4. The Morgan fingerprint density at radius 1 is 1.33 bits per heavy atom. The van der Waals surface area contributed by atoms with E-state index in [1.54, 1.807) is 0 Å². The summed E-state index contributed by atoms with van der Waals surface area (Å²) in [6.07, 6.45) is 6.83. The first-order chi connectivity index (χ1) is 11.6. The molecular weight excluding hydrogens is 304 g/mol. The number of hydrogen-bond donors (Lipinski definition) is 1. The number of aromatic nitrogens is 3. The number of pyridine rings is 1. The van der Waals surface area contributed by atoms with Crippen LogP contribution >= 0.6 is 0 Å². The quantitative estimate of drug-likeness (QED) is 0.880. The summed E-state index contributed by atoms with van der Waals surface area (Å²) in [7, 11) is 1.94. The van der Waals surface area contributed by atoms with E-state index in [0.717, 1.165) is 43.9 Å². The van der Waals surface area contributed by atoms with E-state index in [9.17, 15) is 4.79 Å². The molecule has 1 N–H and O–H groups in total. The summed E-state index contributed by atoms with van der Waals surface area (Å²) >= 11 is 0. The van der Waals surface area contributed by atoms with Crippen LogP contribution in [0.4, 0.5) is 0 Å². The molecule has 0 unspecified atom stereocenters. The monoisotopic (exact) mass is 328 g/mol. The number of piperidine rings is 1. The van der Waals surface area contributed by atoms with E-state index in [1.165, 1.54) is 5.56 Å². The van der Waals surface area contributed by atoms with E-state index >= 15 is 0 Å². The number of aliphatic carboxylic acids is 1. The molecule has 0 spiro atoms. The molecule has 6 nitrogen and oxygen atoms in total. The summed E-state index contributed by atoms with van der Waals surface area (Å²) in [5.41, 5.74) is 3.25. The summed E-state index contributed by atoms with van der Waals surface area (Å²) in [6.45, 7) is 3.06. The van der Waals surface area contributed by atoms with Gasteiger partial charge in [-0.2, -0.15) is 5.10 Å². The Balaban J connectivity index is 1.54. The van der Waals surface area contributed by atoms with Crippen LogP contribution in [0.2, 0.25) is 0 Å². The third-order valence-corrected chi connectivity index (χ3v) is 4.59. The Labute approximate surface area is 142 Å². The van der Waals surface area contributed by atoms with Crippen molar-refractivity contribution in [1.82, 2.24) is 19.7 Å². The average molecular weight is 328 g/mol. The standard InChI is InChI=1S/C18H24N4O2/c1-21-12-14(11-19-21)13-22-9-7-15(8-10-22)17-4-2-3-16(20-17)5-6-18(23)24/h2-4,11-12,15H,5-10,13H2,1H3,(H,23,24). The zero-order valence-electron chi connectivity index (χ0n) is 14.1. The second-order valence-electron chi connectivity index (χ2n) is 6.52. The lowest BCUT2D eigenvalue weighted by molar-refractivity contribution is -0.136. The Morgan fingerprint density at radius 3 is 2.79 bits per heavy atom. The molecule has 0 amide bonds. The molecule has 3 rings (SSSR count). The van der Waals surface area contributed by atoms with Crippen LogP contribution in [0.1, 0.15) is 42.1 Å². The van der Waals surface area contributed by atoms with E-state index < -0.39 is 5.97 Å². The van der Waals surface area contributed by atoms with Gasteiger partial charge in [0, 0.05) is 49.1 Å². The summed E-state index contributed by atoms with van der Waals surface area (Å²) in [6, 6.07) is 6.00. The molecule has 0 atom stereocenters. The van der Waals surface area contributed by atoms with Crippen LogP contribution in [0, 0.1) is 0 Å². The van der Waals surface area contributed by atoms with E-state index in [2.05, 4.69) is 27.2 Å². The topological polar surface area (TPSA) is 71.2 Å². The number of rotatable bonds is 6. The molecule has 1 aliphatic rings. The molecule has 0 saturated carbocycles. The molecule has 2 aromatic rings. The maximum atomic E-state index is 10.7. The minimum atomic E-state index is -0.772. The molecule has 128 valence electrons. The fourth-order valence-electron chi connectivity index (χ4n) is 3.30. The van der Waals surface area contributed by atoms with Gasteiger partial charge in [0.05, 0.1) is 12.6 Å². The maximum Gasteiger partial charge on any atom is 0.303 e. The van der Waals surface area contributed by atoms with Gasteiger partial charge in [-0.05, 0) is 38.1 Å². The molecule has 3 heterocycles. The van der Waals surface area contributed by atoms with Crippen molar-refractivity contribution in [3.05, 3.63) is 47.5 Å². The smallest absolute Gasteiger partial charge is 0.303 e. The van der Waals surface area contributed by atoms with Crippen LogP contribution in [0.25, 0.3) is 0 Å². The van der Waals surface area contributed by atoms with Crippen molar-refractivity contribution in [3.63, 3.8) is 0 Å². The van der Waals surface area contributed by atoms with Gasteiger partial charge in [0.1, 0.15) is 0 Å². The highest BCUT2D eigenvalue weighted by atomic mass is 16.4. The summed E-state index contributed by atoms with van der Waals surface area (Å²) in [4.78, 5) is 17.9. The molecule has 0 aliphatic carbocycles. The van der Waals surface area contributed by atoms with Crippen LogP contribution in [0.5, 0.6) is 0 Å². The lowest BCUT2D eigenvalue weighted by atomic mass is 9.92. The lowest BCUT2D eigenvalue weighted by Crippen LogP contribution is -2.32. The minimum absolute atomic E-state index is 0.139. The van der Waals surface area contributed by atoms with Gasteiger partial charge in [0.25, 0.3) is 0 Å². The van der Waals surface area contributed by atoms with Crippen molar-refractivity contribution >= 4 is 5.97 Å². The predicted molar refractivity (Wildman–Crippen MR) is 90.7 cm³/mol. The first-order valence-corrected chi connectivity index (χ1v) is 8.47. The SMILES string of the molecule is Cn1cc(CN2CCC(c3cccc(CCC(=O)O)n3)CC2)cn1. The maximum absolute atomic E-state index is 10.7. The van der Waals surface area contributed by atoms with Crippen LogP contribution < -0.4 is 0 Å². The van der Waals surface area contributed by atoms with Gasteiger partial charge >= 0.3 is 5.97 Å². The lowest BCUT2D eigenvalue weighted by Gasteiger charge is -2.31. The highest BCUT2D eigenvalue weighted by Crippen LogP contribution is 2.27. The van der Waals surface area contributed by atoms with E-state index in [4.69, 9.17) is 5.11 Å². The minimum Gasteiger partial charge on any atom is -0.481 e. The molecule has 1 aliphatic heterocycles. The third-order valence-electron chi connectivity index (χ3n) is 4.59. The molecule has 0 aromatic carbocycles. The second-order valence-corrected chi connectivity index (χ2v) is 6.52. The van der Waals surface area contributed by atoms with Gasteiger partial charge in [0.15, 0.2) is 0 Å². The van der Waals surface area contributed by atoms with E-state index in [-0.39, 0.29) is 6.42 Å². The van der Waals surface area contributed by atoms with Crippen molar-refractivity contribution in [2.75, 3.05) is 13.1 Å². The van der Waals surface area contributed by atoms with Crippen molar-refractivity contribution in [3.8, 4) is 0 Å². The highest BCUT2D eigenvalue weighted by Gasteiger charge is 2.22. The first kappa shape index (κ1) is 16.6. The Bertz CT molecular complexity index is 690. The summed E-state index contributed by atoms with van der Waals surface area (Å²) in [5.74, 6) is -0.300. The number of aryl methyl sites for hydroxylation is 2. The van der Waals surface area contributed by atoms with Crippen molar-refractivity contribution in [1.29, 1.82) is 0 Å². The van der Waals surface area contributed by atoms with Crippen LogP contribution in [0.3, 0.4) is 0 Å². The highest BCUT2D eigenvalue weighted by molar-refractivity contribution is 5.66. The van der Waals surface area contributed by atoms with Crippen molar-refractivity contribution < 1.29 is 9.90 Å². The van der Waals surface area contributed by atoms with E-state index in [1.807, 2.05) is 30.1 Å². The van der Waals surface area contributed by atoms with Gasteiger partial charge in [-0.25, -0.2) is 0 Å². The fourth-order valence-corrected chi connectivity index (χ4v) is 3.30. The van der Waals surface area contributed by atoms with Crippen LogP contribution in [-0.2, 0) is 24.8 Å². The Hall–Kier alpha value is -2.21. The predicted octanol–water partition coefficient (Wildman–Crippen LogP) is 2.21. The van der Waals surface area contributed by atoms with Crippen LogP contribution in [0.15, 0.2) is 30.6 Å². The molecule has 0 bridgehead atoms. The number of likely N-dealkylation sites (tertiary alicyclic amines) is 1. The Morgan fingerprint density at radius 2 is 2.12 bits per heavy atom. The van der Waals surface area contributed by atoms with Gasteiger partial charge < -0.3 is 5.11 Å². The molecule has 1 saturated heterocycles. The fraction of sp³-hybridized carbons (Fsp3) is 0.500. The van der Waals surface area contributed by atoms with Gasteiger partial charge in [0.2, 0.25) is 0 Å². The zero-order chi connectivity index (χ0) is 16.9. The number of carboxylic acid groups (broad SMARTS) is 1. The molecular formula is C18H24N4O2. The van der Waals surface area contributed by atoms with Gasteiger partial charge in [-0.3, -0.25) is 19.4 Å². The largest absolute Gasteiger partial charge is 0.481 e. The van der Waals surface area contributed by atoms with Crippen molar-refractivity contribution in [2.24, 2.45) is 7.05 Å². The normalized spacial score (nSPS) is 16.4. The van der Waals surface area contributed by atoms with Crippen LogP contribution in [-0.4, -0.2) is 43.8 Å². The first-order valence-electron chi connectivity index (χ1n) is 8.47. The second kappa shape index (κ2) is 7.57. The Kier molecular flexibility index (Phi) is 5.25. The molecule has 0 radical (unpaired) electrons. The average Bonchev–Trinajstić information content (AvgIpc) is 2.99. The number of carbonyl (C=O) groups is 1. The van der Waals surface area contributed by atoms with Gasteiger partial charge in [-0.15, -0.1) is 0 Å². The van der Waals surface area contributed by atoms with E-state index in [0.29, 0.717) is 12.3 Å². The van der Waals surface area contributed by atoms with Gasteiger partial charge in [-0.1, -0.05) is 6.07 Å². The zero-order valence-corrected chi connectivity index (χ0v) is 14.1. The third kappa shape index (κ3) is 4.41.